The fourth-order valence-corrected chi connectivity index (χ4v) is 3.81. The molecule has 0 amide bonds. The van der Waals surface area contributed by atoms with Crippen LogP contribution in [0.3, 0.4) is 0 Å². The van der Waals surface area contributed by atoms with Crippen molar-refractivity contribution in [3.05, 3.63) is 137 Å². The van der Waals surface area contributed by atoms with Gasteiger partial charge in [-0.2, -0.15) is 0 Å². The van der Waals surface area contributed by atoms with Crippen molar-refractivity contribution in [3.63, 3.8) is 0 Å². The minimum Gasteiger partial charge on any atom is -0.489 e. The van der Waals surface area contributed by atoms with E-state index in [1.54, 1.807) is 6.08 Å². The lowest BCUT2D eigenvalue weighted by atomic mass is 10.1. The molecule has 0 atom stereocenters. The Morgan fingerprint density at radius 1 is 0.778 bits per heavy atom. The first-order valence-electron chi connectivity index (χ1n) is 11.7. The van der Waals surface area contributed by atoms with Crippen molar-refractivity contribution in [2.75, 3.05) is 0 Å². The summed E-state index contributed by atoms with van der Waals surface area (Å²) in [5.74, 6) is 1.07. The second kappa shape index (κ2) is 10.7. The Morgan fingerprint density at radius 3 is 2.11 bits per heavy atom. The first-order chi connectivity index (χ1) is 17.7. The molecule has 0 bridgehead atoms. The summed E-state index contributed by atoms with van der Waals surface area (Å²) < 4.78 is 17.6. The number of ether oxygens (including phenoxy) is 3. The van der Waals surface area contributed by atoms with Gasteiger partial charge in [-0.05, 0) is 47.9 Å². The molecule has 4 aromatic rings. The molecule has 5 heteroatoms. The molecule has 1 aliphatic heterocycles. The van der Waals surface area contributed by atoms with Gasteiger partial charge in [0.15, 0.2) is 5.70 Å². The van der Waals surface area contributed by atoms with E-state index in [2.05, 4.69) is 4.99 Å². The van der Waals surface area contributed by atoms with Gasteiger partial charge < -0.3 is 14.2 Å². The molecule has 5 nitrogen and oxygen atoms in total. The van der Waals surface area contributed by atoms with Crippen molar-refractivity contribution in [2.45, 2.75) is 20.1 Å². The lowest BCUT2D eigenvalue weighted by Crippen LogP contribution is -2.06. The number of carbonyl (C=O) groups is 1. The van der Waals surface area contributed by atoms with Crippen LogP contribution >= 0.6 is 0 Å². The van der Waals surface area contributed by atoms with Gasteiger partial charge in [0.05, 0.1) is 0 Å². The van der Waals surface area contributed by atoms with E-state index in [1.165, 1.54) is 0 Å². The summed E-state index contributed by atoms with van der Waals surface area (Å²) in [4.78, 5) is 17.1. The van der Waals surface area contributed by atoms with Gasteiger partial charge in [0.25, 0.3) is 0 Å². The molecule has 0 saturated heterocycles. The third-order valence-corrected chi connectivity index (χ3v) is 5.76. The van der Waals surface area contributed by atoms with Gasteiger partial charge in [0.1, 0.15) is 24.7 Å². The minimum absolute atomic E-state index is 0.218. The molecule has 5 rings (SSSR count). The third-order valence-electron chi connectivity index (χ3n) is 5.76. The number of esters is 1. The third kappa shape index (κ3) is 5.53. The van der Waals surface area contributed by atoms with Crippen molar-refractivity contribution in [1.82, 2.24) is 0 Å². The summed E-state index contributed by atoms with van der Waals surface area (Å²) >= 11 is 0. The number of aliphatic imine (C=N–C) groups is 1. The van der Waals surface area contributed by atoms with Crippen LogP contribution in [0.15, 0.2) is 114 Å². The van der Waals surface area contributed by atoms with E-state index in [4.69, 9.17) is 14.2 Å². The van der Waals surface area contributed by atoms with Crippen molar-refractivity contribution in [1.29, 1.82) is 0 Å². The maximum atomic E-state index is 12.6. The molecular weight excluding hydrogens is 450 g/mol. The van der Waals surface area contributed by atoms with Crippen molar-refractivity contribution in [3.8, 4) is 11.5 Å². The average molecular weight is 476 g/mol. The average Bonchev–Trinajstić information content (AvgIpc) is 3.28. The molecule has 0 spiro atoms. The van der Waals surface area contributed by atoms with E-state index < -0.39 is 5.97 Å². The Balaban J connectivity index is 1.43. The van der Waals surface area contributed by atoms with E-state index in [0.29, 0.717) is 36.2 Å². The smallest absolute Gasteiger partial charge is 0.363 e. The molecule has 0 unspecified atom stereocenters. The zero-order valence-electron chi connectivity index (χ0n) is 19.9. The Kier molecular flexibility index (Phi) is 6.90. The van der Waals surface area contributed by atoms with Crippen molar-refractivity contribution < 1.29 is 19.0 Å². The fourth-order valence-electron chi connectivity index (χ4n) is 3.81. The topological polar surface area (TPSA) is 57.1 Å². The number of hydrogen-bond donors (Lipinski definition) is 0. The van der Waals surface area contributed by atoms with Gasteiger partial charge in [-0.25, -0.2) is 9.79 Å². The summed E-state index contributed by atoms with van der Waals surface area (Å²) in [7, 11) is 0. The highest BCUT2D eigenvalue weighted by molar-refractivity contribution is 6.13. The standard InChI is InChI=1S/C31H25NO4/c1-22-10-8-9-15-27(22)30-32-28(31(33)36-30)18-25-16-17-26(34-20-23-11-4-2-5-12-23)19-29(25)35-21-24-13-6-3-7-14-24/h2-19H,20-21H2,1H3. The summed E-state index contributed by atoms with van der Waals surface area (Å²) in [6.45, 7) is 2.77. The van der Waals surface area contributed by atoms with Gasteiger partial charge in [0, 0.05) is 17.2 Å². The van der Waals surface area contributed by atoms with Gasteiger partial charge in [-0.15, -0.1) is 0 Å². The van der Waals surface area contributed by atoms with Crippen LogP contribution in [-0.2, 0) is 22.7 Å². The number of nitrogens with zero attached hydrogens (tertiary/aromatic N) is 1. The normalized spacial score (nSPS) is 13.9. The lowest BCUT2D eigenvalue weighted by molar-refractivity contribution is -0.129. The van der Waals surface area contributed by atoms with Crippen LogP contribution in [-0.4, -0.2) is 11.9 Å². The number of rotatable bonds is 8. The first kappa shape index (κ1) is 23.1. The van der Waals surface area contributed by atoms with Crippen molar-refractivity contribution >= 4 is 17.9 Å². The molecule has 36 heavy (non-hydrogen) atoms. The SMILES string of the molecule is Cc1ccccc1C1=NC(=Cc2ccc(OCc3ccccc3)cc2OCc2ccccc2)C(=O)O1. The molecule has 1 aliphatic rings. The molecule has 0 radical (unpaired) electrons. The number of hydrogen-bond acceptors (Lipinski definition) is 5. The summed E-state index contributed by atoms with van der Waals surface area (Å²) in [5, 5.41) is 0. The van der Waals surface area contributed by atoms with E-state index in [1.807, 2.05) is 110 Å². The molecule has 1 heterocycles. The van der Waals surface area contributed by atoms with Gasteiger partial charge in [-0.3, -0.25) is 0 Å². The Labute approximate surface area is 210 Å². The molecule has 0 saturated carbocycles. The Morgan fingerprint density at radius 2 is 1.42 bits per heavy atom. The molecule has 0 fully saturated rings. The van der Waals surface area contributed by atoms with Crippen LogP contribution in [0.5, 0.6) is 11.5 Å². The molecule has 0 aliphatic carbocycles. The molecule has 178 valence electrons. The predicted octanol–water partition coefficient (Wildman–Crippen LogP) is 6.50. The second-order valence-corrected chi connectivity index (χ2v) is 8.40. The van der Waals surface area contributed by atoms with Gasteiger partial charge >= 0.3 is 5.97 Å². The molecular formula is C31H25NO4. The summed E-state index contributed by atoms with van der Waals surface area (Å²) in [6.07, 6.45) is 1.69. The van der Waals surface area contributed by atoms with Crippen LogP contribution in [0.25, 0.3) is 6.08 Å². The van der Waals surface area contributed by atoms with Gasteiger partial charge in [-0.1, -0.05) is 78.9 Å². The summed E-state index contributed by atoms with van der Waals surface area (Å²) in [5.41, 5.74) is 4.81. The fraction of sp³-hybridized carbons (Fsp3) is 0.0968. The lowest BCUT2D eigenvalue weighted by Gasteiger charge is -2.13. The van der Waals surface area contributed by atoms with E-state index in [9.17, 15) is 4.79 Å². The van der Waals surface area contributed by atoms with Crippen LogP contribution in [0.2, 0.25) is 0 Å². The highest BCUT2D eigenvalue weighted by atomic mass is 16.6. The molecule has 4 aromatic carbocycles. The Bertz CT molecular complexity index is 1430. The largest absolute Gasteiger partial charge is 0.489 e. The predicted molar refractivity (Wildman–Crippen MR) is 140 cm³/mol. The maximum absolute atomic E-state index is 12.6. The second-order valence-electron chi connectivity index (χ2n) is 8.40. The van der Waals surface area contributed by atoms with E-state index >= 15 is 0 Å². The van der Waals surface area contributed by atoms with Crippen LogP contribution in [0.4, 0.5) is 0 Å². The van der Waals surface area contributed by atoms with Crippen LogP contribution < -0.4 is 9.47 Å². The zero-order valence-corrected chi connectivity index (χ0v) is 19.9. The Hall–Kier alpha value is -4.64. The number of aryl methyl sites for hydroxylation is 1. The molecule has 0 aromatic heterocycles. The highest BCUT2D eigenvalue weighted by Crippen LogP contribution is 2.30. The molecule has 0 N–H and O–H groups in total. The number of carbonyl (C=O) groups excluding carboxylic acids is 1. The minimum atomic E-state index is -0.494. The highest BCUT2D eigenvalue weighted by Gasteiger charge is 2.25. The monoisotopic (exact) mass is 475 g/mol. The summed E-state index contributed by atoms with van der Waals surface area (Å²) in [6, 6.07) is 33.1. The van der Waals surface area contributed by atoms with Gasteiger partial charge in [0.2, 0.25) is 5.90 Å². The first-order valence-corrected chi connectivity index (χ1v) is 11.7. The quantitative estimate of drug-likeness (QED) is 0.216. The zero-order chi connectivity index (χ0) is 24.7. The van der Waals surface area contributed by atoms with E-state index in [0.717, 1.165) is 22.3 Å². The van der Waals surface area contributed by atoms with Crippen LogP contribution in [0.1, 0.15) is 27.8 Å². The van der Waals surface area contributed by atoms with E-state index in [-0.39, 0.29) is 5.70 Å². The van der Waals surface area contributed by atoms with Crippen molar-refractivity contribution in [2.24, 2.45) is 4.99 Å². The number of cyclic esters (lactones) is 1. The maximum Gasteiger partial charge on any atom is 0.363 e. The number of benzene rings is 4. The van der Waals surface area contributed by atoms with Crippen LogP contribution in [0, 0.1) is 6.92 Å².